The Bertz CT molecular complexity index is 599. The standard InChI is InChI=1S/C15H21N5O2/c1-4-13(14-17-11(2)19-22-14)18-15(21)20(3)10-8-12-7-5-6-9-16-12/h5-7,9,13H,4,8,10H2,1-3H3,(H,18,21)/t13-/m0/s1. The van der Waals surface area contributed by atoms with E-state index in [1.807, 2.05) is 25.1 Å². The summed E-state index contributed by atoms with van der Waals surface area (Å²) in [5.41, 5.74) is 0.960. The number of pyridine rings is 1. The third-order valence-corrected chi connectivity index (χ3v) is 3.32. The van der Waals surface area contributed by atoms with Gasteiger partial charge in [0.1, 0.15) is 6.04 Å². The molecule has 0 aliphatic carbocycles. The molecule has 7 heteroatoms. The number of carbonyl (C=O) groups is 1. The van der Waals surface area contributed by atoms with Crippen LogP contribution in [0.1, 0.15) is 36.8 Å². The number of aromatic nitrogens is 3. The normalized spacial score (nSPS) is 12.0. The summed E-state index contributed by atoms with van der Waals surface area (Å²) in [5.74, 6) is 0.998. The minimum Gasteiger partial charge on any atom is -0.337 e. The van der Waals surface area contributed by atoms with E-state index in [2.05, 4.69) is 20.4 Å². The number of hydrogen-bond donors (Lipinski definition) is 1. The van der Waals surface area contributed by atoms with Crippen molar-refractivity contribution in [3.63, 3.8) is 0 Å². The number of aryl methyl sites for hydroxylation is 1. The van der Waals surface area contributed by atoms with Gasteiger partial charge < -0.3 is 14.7 Å². The molecule has 0 unspecified atom stereocenters. The Morgan fingerprint density at radius 2 is 2.27 bits per heavy atom. The lowest BCUT2D eigenvalue weighted by atomic mass is 10.2. The number of hydrogen-bond acceptors (Lipinski definition) is 5. The average Bonchev–Trinajstić information content (AvgIpc) is 2.97. The second kappa shape index (κ2) is 7.53. The van der Waals surface area contributed by atoms with Crippen LogP contribution in [-0.2, 0) is 6.42 Å². The van der Waals surface area contributed by atoms with Gasteiger partial charge in [0, 0.05) is 31.9 Å². The summed E-state index contributed by atoms with van der Waals surface area (Å²) in [6.07, 6.45) is 3.14. The van der Waals surface area contributed by atoms with Crippen LogP contribution in [0, 0.1) is 6.92 Å². The second-order valence-electron chi connectivity index (χ2n) is 5.08. The Kier molecular flexibility index (Phi) is 5.46. The first-order valence-electron chi connectivity index (χ1n) is 7.32. The van der Waals surface area contributed by atoms with Crippen molar-refractivity contribution in [1.29, 1.82) is 0 Å². The van der Waals surface area contributed by atoms with Gasteiger partial charge >= 0.3 is 6.03 Å². The van der Waals surface area contributed by atoms with Gasteiger partial charge in [-0.05, 0) is 25.5 Å². The highest BCUT2D eigenvalue weighted by Gasteiger charge is 2.20. The molecule has 0 aromatic carbocycles. The van der Waals surface area contributed by atoms with Crippen molar-refractivity contribution in [3.8, 4) is 0 Å². The highest BCUT2D eigenvalue weighted by atomic mass is 16.5. The summed E-state index contributed by atoms with van der Waals surface area (Å²) in [6, 6.07) is 5.32. The number of likely N-dealkylation sites (N-methyl/N-ethyl adjacent to an activating group) is 1. The summed E-state index contributed by atoms with van der Waals surface area (Å²) in [4.78, 5) is 22.3. The third-order valence-electron chi connectivity index (χ3n) is 3.32. The minimum absolute atomic E-state index is 0.168. The number of amides is 2. The van der Waals surface area contributed by atoms with Crippen molar-refractivity contribution in [3.05, 3.63) is 41.8 Å². The lowest BCUT2D eigenvalue weighted by Gasteiger charge is -2.20. The van der Waals surface area contributed by atoms with Gasteiger partial charge in [0.2, 0.25) is 5.89 Å². The van der Waals surface area contributed by atoms with Gasteiger partial charge in [0.15, 0.2) is 5.82 Å². The Balaban J connectivity index is 1.87. The molecule has 0 saturated heterocycles. The van der Waals surface area contributed by atoms with E-state index >= 15 is 0 Å². The average molecular weight is 303 g/mol. The second-order valence-corrected chi connectivity index (χ2v) is 5.08. The van der Waals surface area contributed by atoms with E-state index in [1.165, 1.54) is 0 Å². The molecule has 22 heavy (non-hydrogen) atoms. The fourth-order valence-electron chi connectivity index (χ4n) is 1.98. The van der Waals surface area contributed by atoms with Gasteiger partial charge in [-0.3, -0.25) is 4.98 Å². The fourth-order valence-corrected chi connectivity index (χ4v) is 1.98. The molecule has 2 amide bonds. The minimum atomic E-state index is -0.272. The SMILES string of the molecule is CC[C@H](NC(=O)N(C)CCc1ccccn1)c1nc(C)no1. The van der Waals surface area contributed by atoms with Crippen molar-refractivity contribution in [2.45, 2.75) is 32.7 Å². The van der Waals surface area contributed by atoms with Gasteiger partial charge in [-0.25, -0.2) is 4.79 Å². The molecule has 2 heterocycles. The Morgan fingerprint density at radius 1 is 1.45 bits per heavy atom. The molecule has 0 aliphatic heterocycles. The number of nitrogens with zero attached hydrogens (tertiary/aromatic N) is 4. The number of rotatable bonds is 6. The molecular formula is C15H21N5O2. The predicted molar refractivity (Wildman–Crippen MR) is 81.2 cm³/mol. The predicted octanol–water partition coefficient (Wildman–Crippen LogP) is 2.11. The lowest BCUT2D eigenvalue weighted by Crippen LogP contribution is -2.40. The zero-order valence-corrected chi connectivity index (χ0v) is 13.1. The lowest BCUT2D eigenvalue weighted by molar-refractivity contribution is 0.200. The first-order chi connectivity index (χ1) is 10.6. The Morgan fingerprint density at radius 3 is 2.86 bits per heavy atom. The van der Waals surface area contributed by atoms with Crippen LogP contribution in [0.3, 0.4) is 0 Å². The van der Waals surface area contributed by atoms with Crippen LogP contribution in [0.15, 0.2) is 28.9 Å². The Hall–Kier alpha value is -2.44. The Labute approximate surface area is 129 Å². The third kappa shape index (κ3) is 4.28. The summed E-state index contributed by atoms with van der Waals surface area (Å²) in [5, 5.41) is 6.66. The number of carbonyl (C=O) groups excluding carboxylic acids is 1. The molecule has 118 valence electrons. The van der Waals surface area contributed by atoms with Gasteiger partial charge in [0.25, 0.3) is 0 Å². The maximum Gasteiger partial charge on any atom is 0.317 e. The summed E-state index contributed by atoms with van der Waals surface area (Å²) in [7, 11) is 1.75. The first-order valence-corrected chi connectivity index (χ1v) is 7.32. The van der Waals surface area contributed by atoms with Crippen molar-refractivity contribution in [1.82, 2.24) is 25.3 Å². The molecule has 1 atom stereocenters. The van der Waals surface area contributed by atoms with Gasteiger partial charge in [-0.2, -0.15) is 4.98 Å². The van der Waals surface area contributed by atoms with Gasteiger partial charge in [-0.1, -0.05) is 18.1 Å². The molecule has 2 rings (SSSR count). The monoisotopic (exact) mass is 303 g/mol. The van der Waals surface area contributed by atoms with Crippen molar-refractivity contribution in [2.75, 3.05) is 13.6 Å². The van der Waals surface area contributed by atoms with E-state index < -0.39 is 0 Å². The van der Waals surface area contributed by atoms with Gasteiger partial charge in [0.05, 0.1) is 0 Å². The molecule has 2 aromatic rings. The summed E-state index contributed by atoms with van der Waals surface area (Å²) >= 11 is 0. The van der Waals surface area contributed by atoms with Crippen LogP contribution < -0.4 is 5.32 Å². The molecule has 0 saturated carbocycles. The smallest absolute Gasteiger partial charge is 0.317 e. The highest BCUT2D eigenvalue weighted by Crippen LogP contribution is 2.14. The summed E-state index contributed by atoms with van der Waals surface area (Å²) < 4.78 is 5.12. The largest absolute Gasteiger partial charge is 0.337 e. The molecule has 7 nitrogen and oxygen atoms in total. The van der Waals surface area contributed by atoms with Gasteiger partial charge in [-0.15, -0.1) is 0 Å². The number of urea groups is 1. The van der Waals surface area contributed by atoms with E-state index in [-0.39, 0.29) is 12.1 Å². The highest BCUT2D eigenvalue weighted by molar-refractivity contribution is 5.74. The van der Waals surface area contributed by atoms with Crippen molar-refractivity contribution in [2.24, 2.45) is 0 Å². The molecule has 0 spiro atoms. The van der Waals surface area contributed by atoms with E-state index in [1.54, 1.807) is 25.1 Å². The molecule has 0 bridgehead atoms. The fraction of sp³-hybridized carbons (Fsp3) is 0.467. The zero-order valence-electron chi connectivity index (χ0n) is 13.1. The first kappa shape index (κ1) is 15.9. The van der Waals surface area contributed by atoms with E-state index in [0.717, 1.165) is 5.69 Å². The molecule has 1 N–H and O–H groups in total. The van der Waals surface area contributed by atoms with E-state index in [0.29, 0.717) is 31.1 Å². The summed E-state index contributed by atoms with van der Waals surface area (Å²) in [6.45, 7) is 4.29. The molecule has 0 fully saturated rings. The van der Waals surface area contributed by atoms with E-state index in [4.69, 9.17) is 4.52 Å². The molecular weight excluding hydrogens is 282 g/mol. The molecule has 2 aromatic heterocycles. The zero-order chi connectivity index (χ0) is 15.9. The quantitative estimate of drug-likeness (QED) is 0.883. The van der Waals surface area contributed by atoms with Crippen molar-refractivity contribution >= 4 is 6.03 Å². The van der Waals surface area contributed by atoms with Crippen LogP contribution in [0.2, 0.25) is 0 Å². The molecule has 0 radical (unpaired) electrons. The van der Waals surface area contributed by atoms with Crippen molar-refractivity contribution < 1.29 is 9.32 Å². The van der Waals surface area contributed by atoms with Crippen LogP contribution in [0.5, 0.6) is 0 Å². The van der Waals surface area contributed by atoms with E-state index in [9.17, 15) is 4.79 Å². The van der Waals surface area contributed by atoms with Crippen LogP contribution >= 0.6 is 0 Å². The van der Waals surface area contributed by atoms with Crippen LogP contribution in [-0.4, -0.2) is 39.6 Å². The number of nitrogens with one attached hydrogen (secondary N) is 1. The molecule has 0 aliphatic rings. The maximum atomic E-state index is 12.2. The topological polar surface area (TPSA) is 84.2 Å². The maximum absolute atomic E-state index is 12.2. The van der Waals surface area contributed by atoms with Crippen LogP contribution in [0.4, 0.5) is 4.79 Å². The van der Waals surface area contributed by atoms with Crippen LogP contribution in [0.25, 0.3) is 0 Å².